The average molecular weight is 941 g/mol. The van der Waals surface area contributed by atoms with Gasteiger partial charge >= 0.3 is 5.97 Å². The highest BCUT2D eigenvalue weighted by molar-refractivity contribution is 7.90. The number of aliphatic hydroxyl groups excluding tert-OH is 2. The van der Waals surface area contributed by atoms with Crippen molar-refractivity contribution >= 4 is 60.8 Å². The SMILES string of the molecule is CCCC(NC(=O)C(C)CS(C)(=O)=O)C(=O)[C@H](O)NCC(=O)N[C@H](C(=O)O)c1ccccc1.CCCC(NC(=O)C(C)CS(C)(=O)=O)C(=O)[C@H](O)NCC(=O)N[C@H](C)c1ccccc1. The highest BCUT2D eigenvalue weighted by Crippen LogP contribution is 2.13. The summed E-state index contributed by atoms with van der Waals surface area (Å²) in [5.74, 6) is -7.63. The van der Waals surface area contributed by atoms with Crippen molar-refractivity contribution in [3.05, 3.63) is 71.8 Å². The van der Waals surface area contributed by atoms with Gasteiger partial charge in [0.1, 0.15) is 19.7 Å². The number of carboxylic acids is 1. The smallest absolute Gasteiger partial charge is 0.330 e. The fraction of sp³-hybridized carbons (Fsp3) is 0.548. The van der Waals surface area contributed by atoms with Gasteiger partial charge in [0.05, 0.1) is 42.7 Å². The van der Waals surface area contributed by atoms with E-state index in [-0.39, 0.29) is 36.9 Å². The van der Waals surface area contributed by atoms with E-state index in [0.29, 0.717) is 18.4 Å². The molecule has 0 aromatic heterocycles. The highest BCUT2D eigenvalue weighted by atomic mass is 32.2. The van der Waals surface area contributed by atoms with Crippen LogP contribution in [0.2, 0.25) is 0 Å². The molecule has 0 radical (unpaired) electrons. The van der Waals surface area contributed by atoms with E-state index in [2.05, 4.69) is 31.9 Å². The first-order valence-electron chi connectivity index (χ1n) is 20.6. The van der Waals surface area contributed by atoms with E-state index in [0.717, 1.165) is 18.1 Å². The van der Waals surface area contributed by atoms with Gasteiger partial charge < -0.3 is 36.6 Å². The molecule has 4 amide bonds. The number of hydrogen-bond donors (Lipinski definition) is 9. The number of sulfone groups is 2. The van der Waals surface area contributed by atoms with Gasteiger partial charge in [0.25, 0.3) is 0 Å². The molecule has 20 nitrogen and oxygen atoms in total. The first kappa shape index (κ1) is 56.9. The number of ketones is 2. The van der Waals surface area contributed by atoms with Gasteiger partial charge in [-0.05, 0) is 30.9 Å². The van der Waals surface area contributed by atoms with Gasteiger partial charge in [0.2, 0.25) is 23.6 Å². The Kier molecular flexibility index (Phi) is 24.8. The second-order valence-corrected chi connectivity index (χ2v) is 19.9. The molecule has 0 spiro atoms. The molecule has 0 fully saturated rings. The van der Waals surface area contributed by atoms with E-state index in [9.17, 15) is 65.7 Å². The number of aliphatic carboxylic acids is 1. The molecule has 0 bridgehead atoms. The fourth-order valence-electron chi connectivity index (χ4n) is 6.06. The lowest BCUT2D eigenvalue weighted by Gasteiger charge is -2.22. The van der Waals surface area contributed by atoms with E-state index in [1.54, 1.807) is 25.1 Å². The van der Waals surface area contributed by atoms with E-state index in [4.69, 9.17) is 0 Å². The number of carbonyl (C=O) groups excluding carboxylic acids is 6. The van der Waals surface area contributed by atoms with Crippen LogP contribution < -0.4 is 31.9 Å². The number of carboxylic acid groups (broad SMARTS) is 1. The van der Waals surface area contributed by atoms with Crippen molar-refractivity contribution in [2.45, 2.75) is 96.9 Å². The Balaban J connectivity index is 0.000000641. The number of benzene rings is 2. The lowest BCUT2D eigenvalue weighted by atomic mass is 10.0. The summed E-state index contributed by atoms with van der Waals surface area (Å²) in [6.07, 6.45) is 0.0700. The van der Waals surface area contributed by atoms with Gasteiger partial charge in [0, 0.05) is 24.3 Å². The van der Waals surface area contributed by atoms with Crippen LogP contribution in [-0.2, 0) is 53.2 Å². The van der Waals surface area contributed by atoms with Crippen molar-refractivity contribution < 1.29 is 65.7 Å². The van der Waals surface area contributed by atoms with Gasteiger partial charge in [-0.1, -0.05) is 101 Å². The van der Waals surface area contributed by atoms with Crippen molar-refractivity contribution in [2.75, 3.05) is 37.1 Å². The molecule has 0 saturated carbocycles. The van der Waals surface area contributed by atoms with Crippen molar-refractivity contribution in [1.29, 1.82) is 0 Å². The molecule has 0 saturated heterocycles. The third kappa shape index (κ3) is 22.5. The van der Waals surface area contributed by atoms with Crippen molar-refractivity contribution in [2.24, 2.45) is 11.8 Å². The molecule has 0 aliphatic rings. The molecular formula is C42H64N6O14S2. The van der Waals surface area contributed by atoms with Gasteiger partial charge in [-0.2, -0.15) is 0 Å². The number of carbonyl (C=O) groups is 7. The van der Waals surface area contributed by atoms with Crippen molar-refractivity contribution in [3.63, 3.8) is 0 Å². The summed E-state index contributed by atoms with van der Waals surface area (Å²) in [4.78, 5) is 85.4. The summed E-state index contributed by atoms with van der Waals surface area (Å²) in [5.41, 5.74) is 1.27. The summed E-state index contributed by atoms with van der Waals surface area (Å²) in [6, 6.07) is 13.7. The summed E-state index contributed by atoms with van der Waals surface area (Å²) in [6.45, 7) is 7.41. The minimum atomic E-state index is -3.40. The Hall–Kier alpha value is -5.13. The average Bonchev–Trinajstić information content (AvgIpc) is 3.22. The van der Waals surface area contributed by atoms with Crippen LogP contribution in [0.1, 0.15) is 83.5 Å². The van der Waals surface area contributed by atoms with Crippen LogP contribution in [0.25, 0.3) is 0 Å². The molecule has 9 N–H and O–H groups in total. The first-order chi connectivity index (χ1) is 29.8. The predicted octanol–water partition coefficient (Wildman–Crippen LogP) is -0.322. The molecule has 0 heterocycles. The maximum atomic E-state index is 12.6. The van der Waals surface area contributed by atoms with Crippen LogP contribution >= 0.6 is 0 Å². The molecule has 2 aromatic rings. The Bertz CT molecular complexity index is 2070. The standard InChI is InChI=1S/C21H31N3O8S.C21H33N3O6S/c1-4-8-15(23-19(27)13(2)12-33(3,31)32)18(26)20(28)22-11-16(25)24-17(21(29)30)14-9-6-5-7-10-14;1-5-9-17(24-20(27)14(2)13-31(4,29)30)19(26)21(28)22-12-18(25)23-15(3)16-10-7-6-8-11-16/h5-7,9-10,13,15,17,20,22,28H,4,8,11-12H2,1-3H3,(H,23,27)(H,24,25)(H,29,30);6-8,10-11,14-15,17,21-22,28H,5,9,12-13H2,1-4H3,(H,23,25)(H,24,27)/t13?,15?,17-,20-;14?,15-,17?,21+/m01/s1. The van der Waals surface area contributed by atoms with Gasteiger partial charge in [-0.15, -0.1) is 0 Å². The summed E-state index contributed by atoms with van der Waals surface area (Å²) < 4.78 is 45.5. The maximum absolute atomic E-state index is 12.6. The van der Waals surface area contributed by atoms with Crippen LogP contribution in [0.4, 0.5) is 0 Å². The van der Waals surface area contributed by atoms with Crippen LogP contribution in [0.15, 0.2) is 60.7 Å². The molecular weight excluding hydrogens is 877 g/mol. The van der Waals surface area contributed by atoms with E-state index in [1.165, 1.54) is 26.0 Å². The lowest BCUT2D eigenvalue weighted by Crippen LogP contribution is -2.53. The maximum Gasteiger partial charge on any atom is 0.330 e. The molecule has 0 aliphatic carbocycles. The molecule has 2 aromatic carbocycles. The highest BCUT2D eigenvalue weighted by Gasteiger charge is 2.31. The summed E-state index contributed by atoms with van der Waals surface area (Å²) >= 11 is 0. The summed E-state index contributed by atoms with van der Waals surface area (Å²) in [5, 5.41) is 44.5. The predicted molar refractivity (Wildman–Crippen MR) is 237 cm³/mol. The number of Topliss-reactive ketones (excluding diaryl/α,β-unsaturated/α-hetero) is 2. The third-order valence-electron chi connectivity index (χ3n) is 9.29. The van der Waals surface area contributed by atoms with Crippen molar-refractivity contribution in [3.8, 4) is 0 Å². The normalized spacial score (nSPS) is 15.2. The number of nitrogens with one attached hydrogen (secondary N) is 6. The molecule has 4 unspecified atom stereocenters. The topological polar surface area (TPSA) is 321 Å². The zero-order chi connectivity index (χ0) is 48.8. The van der Waals surface area contributed by atoms with Gasteiger partial charge in [0.15, 0.2) is 30.1 Å². The Morgan fingerprint density at radius 1 is 0.562 bits per heavy atom. The monoisotopic (exact) mass is 940 g/mol. The molecule has 22 heteroatoms. The lowest BCUT2D eigenvalue weighted by molar-refractivity contribution is -0.142. The summed E-state index contributed by atoms with van der Waals surface area (Å²) in [7, 11) is -6.75. The van der Waals surface area contributed by atoms with Crippen LogP contribution in [0, 0.1) is 11.8 Å². The second-order valence-electron chi connectivity index (χ2n) is 15.5. The minimum Gasteiger partial charge on any atom is -0.479 e. The van der Waals surface area contributed by atoms with Crippen LogP contribution in [0.3, 0.4) is 0 Å². The minimum absolute atomic E-state index is 0.191. The zero-order valence-corrected chi connectivity index (χ0v) is 38.8. The Labute approximate surface area is 375 Å². The van der Waals surface area contributed by atoms with Crippen molar-refractivity contribution in [1.82, 2.24) is 31.9 Å². The molecule has 2 rings (SSSR count). The number of hydrogen-bond acceptors (Lipinski definition) is 15. The van der Waals surface area contributed by atoms with Gasteiger partial charge in [-0.25, -0.2) is 21.6 Å². The van der Waals surface area contributed by atoms with E-state index >= 15 is 0 Å². The fourth-order valence-corrected chi connectivity index (χ4v) is 8.18. The zero-order valence-electron chi connectivity index (χ0n) is 37.2. The Morgan fingerprint density at radius 3 is 1.27 bits per heavy atom. The first-order valence-corrected chi connectivity index (χ1v) is 24.7. The van der Waals surface area contributed by atoms with E-state index in [1.807, 2.05) is 44.2 Å². The molecule has 0 aliphatic heterocycles. The second kappa shape index (κ2) is 27.9. The third-order valence-corrected chi connectivity index (χ3v) is 11.5. The van der Waals surface area contributed by atoms with Crippen LogP contribution in [-0.4, -0.2) is 135 Å². The largest absolute Gasteiger partial charge is 0.479 e. The van der Waals surface area contributed by atoms with Gasteiger partial charge in [-0.3, -0.25) is 39.4 Å². The Morgan fingerprint density at radius 2 is 0.922 bits per heavy atom. The quantitative estimate of drug-likeness (QED) is 0.0519. The number of rotatable bonds is 27. The number of amides is 4. The molecule has 64 heavy (non-hydrogen) atoms. The van der Waals surface area contributed by atoms with Crippen LogP contribution in [0.5, 0.6) is 0 Å². The number of aliphatic hydroxyl groups is 2. The van der Waals surface area contributed by atoms with E-state index < -0.39 is 110 Å². The molecule has 8 atom stereocenters. The molecule has 358 valence electrons.